The largest absolute Gasteiger partial charge is 0.370 e. The van der Waals surface area contributed by atoms with Crippen molar-refractivity contribution in [3.8, 4) is 0 Å². The molecule has 0 aromatic rings. The predicted molar refractivity (Wildman–Crippen MR) is 53.5 cm³/mol. The molecule has 0 heterocycles. The highest BCUT2D eigenvalue weighted by Crippen LogP contribution is 2.17. The fourth-order valence-electron chi connectivity index (χ4n) is 0.804. The van der Waals surface area contributed by atoms with Crippen molar-refractivity contribution in [3.63, 3.8) is 0 Å². The van der Waals surface area contributed by atoms with E-state index in [1.165, 1.54) is 12.8 Å². The molecular weight excluding hydrogens is 172 g/mol. The summed E-state index contributed by atoms with van der Waals surface area (Å²) >= 11 is 1.73. The van der Waals surface area contributed by atoms with Crippen molar-refractivity contribution >= 4 is 17.5 Å². The Balaban J connectivity index is 3.46. The Hall–Kier alpha value is -0.0200. The molecule has 0 amide bonds. The Kier molecular flexibility index (Phi) is 7.61. The Morgan fingerprint density at radius 3 is 2.67 bits per heavy atom. The zero-order chi connectivity index (χ0) is 9.40. The summed E-state index contributed by atoms with van der Waals surface area (Å²) in [5.41, 5.74) is 0.0639. The normalized spacial score (nSPS) is 12.9. The summed E-state index contributed by atoms with van der Waals surface area (Å²) in [7, 11) is 1.66. The molecule has 0 aromatic heterocycles. The number of carbonyl (C=O) groups is 1. The van der Waals surface area contributed by atoms with Crippen molar-refractivity contribution in [3.05, 3.63) is 0 Å². The number of Topliss-reactive ketones (excluding diaryl/α,β-unsaturated/α-hetero) is 1. The van der Waals surface area contributed by atoms with Crippen LogP contribution in [0, 0.1) is 0 Å². The minimum Gasteiger partial charge on any atom is -0.370 e. The molecule has 1 atom stereocenters. The molecule has 0 rings (SSSR count). The first-order valence-electron chi connectivity index (χ1n) is 4.34. The van der Waals surface area contributed by atoms with Crippen LogP contribution in [-0.2, 0) is 9.53 Å². The maximum Gasteiger partial charge on any atom is 0.133 e. The molecule has 0 saturated carbocycles. The van der Waals surface area contributed by atoms with Crippen LogP contribution in [0.3, 0.4) is 0 Å². The fourth-order valence-corrected chi connectivity index (χ4v) is 2.01. The monoisotopic (exact) mass is 190 g/mol. The van der Waals surface area contributed by atoms with Crippen LogP contribution in [0.1, 0.15) is 33.1 Å². The molecule has 0 bridgehead atoms. The second kappa shape index (κ2) is 7.62. The maximum atomic E-state index is 10.8. The summed E-state index contributed by atoms with van der Waals surface area (Å²) in [6, 6.07) is 0. The van der Waals surface area contributed by atoms with Gasteiger partial charge in [-0.15, -0.1) is 11.8 Å². The molecule has 72 valence electrons. The number of ketones is 1. The highest BCUT2D eigenvalue weighted by atomic mass is 32.2. The van der Waals surface area contributed by atoms with Crippen molar-refractivity contribution < 1.29 is 9.53 Å². The minimum absolute atomic E-state index is 0.0639. The molecular formula is C9H18O2S. The lowest BCUT2D eigenvalue weighted by molar-refractivity contribution is -0.118. The van der Waals surface area contributed by atoms with Crippen molar-refractivity contribution in [1.29, 1.82) is 0 Å². The van der Waals surface area contributed by atoms with Gasteiger partial charge in [-0.1, -0.05) is 13.3 Å². The number of hydrogen-bond donors (Lipinski definition) is 0. The molecule has 1 unspecified atom stereocenters. The fraction of sp³-hybridized carbons (Fsp3) is 0.889. The zero-order valence-corrected chi connectivity index (χ0v) is 8.95. The van der Waals surface area contributed by atoms with Crippen LogP contribution in [0.2, 0.25) is 0 Å². The van der Waals surface area contributed by atoms with E-state index in [9.17, 15) is 4.79 Å². The van der Waals surface area contributed by atoms with Crippen LogP contribution in [-0.4, -0.2) is 24.1 Å². The summed E-state index contributed by atoms with van der Waals surface area (Å²) in [6.45, 7) is 3.76. The van der Waals surface area contributed by atoms with Crippen LogP contribution in [0.4, 0.5) is 0 Å². The number of carbonyl (C=O) groups excluding carboxylic acids is 1. The standard InChI is InChI=1S/C9H18O2S/c1-4-5-6-12-9(11-3)7-8(2)10/h9H,4-7H2,1-3H3. The third-order valence-corrected chi connectivity index (χ3v) is 2.77. The average molecular weight is 190 g/mol. The van der Waals surface area contributed by atoms with Crippen LogP contribution in [0.5, 0.6) is 0 Å². The maximum absolute atomic E-state index is 10.8. The van der Waals surface area contributed by atoms with E-state index in [2.05, 4.69) is 6.92 Å². The van der Waals surface area contributed by atoms with Crippen LogP contribution >= 0.6 is 11.8 Å². The predicted octanol–water partition coefficient (Wildman–Crippen LogP) is 2.47. The van der Waals surface area contributed by atoms with Crippen molar-refractivity contribution in [2.45, 2.75) is 38.5 Å². The summed E-state index contributed by atoms with van der Waals surface area (Å²) in [5.74, 6) is 1.29. The Morgan fingerprint density at radius 1 is 1.58 bits per heavy atom. The highest BCUT2D eigenvalue weighted by molar-refractivity contribution is 7.99. The second-order valence-corrected chi connectivity index (χ2v) is 4.06. The van der Waals surface area contributed by atoms with E-state index in [-0.39, 0.29) is 11.2 Å². The summed E-state index contributed by atoms with van der Waals surface area (Å²) < 4.78 is 5.15. The lowest BCUT2D eigenvalue weighted by Gasteiger charge is -2.12. The van der Waals surface area contributed by atoms with Gasteiger partial charge in [-0.3, -0.25) is 4.79 Å². The Bertz CT molecular complexity index is 126. The van der Waals surface area contributed by atoms with Gasteiger partial charge in [0.1, 0.15) is 11.2 Å². The number of ether oxygens (including phenoxy) is 1. The van der Waals surface area contributed by atoms with E-state index in [0.717, 1.165) is 5.75 Å². The third kappa shape index (κ3) is 6.68. The molecule has 0 aliphatic heterocycles. The summed E-state index contributed by atoms with van der Waals surface area (Å²) in [5, 5.41) is 0. The Labute approximate surface area is 79.1 Å². The summed E-state index contributed by atoms with van der Waals surface area (Å²) in [4.78, 5) is 10.8. The Morgan fingerprint density at radius 2 is 2.25 bits per heavy atom. The van der Waals surface area contributed by atoms with Gasteiger partial charge in [-0.25, -0.2) is 0 Å². The number of rotatable bonds is 7. The smallest absolute Gasteiger partial charge is 0.133 e. The minimum atomic E-state index is 0.0639. The van der Waals surface area contributed by atoms with E-state index in [4.69, 9.17) is 4.74 Å². The number of hydrogen-bond acceptors (Lipinski definition) is 3. The van der Waals surface area contributed by atoms with E-state index < -0.39 is 0 Å². The van der Waals surface area contributed by atoms with Gasteiger partial charge in [0.05, 0.1) is 0 Å². The molecule has 0 aliphatic rings. The second-order valence-electron chi connectivity index (χ2n) is 2.80. The number of methoxy groups -OCH3 is 1. The molecule has 3 heteroatoms. The molecule has 0 aliphatic carbocycles. The summed E-state index contributed by atoms with van der Waals surface area (Å²) in [6.07, 6.45) is 2.93. The van der Waals surface area contributed by atoms with Crippen molar-refractivity contribution in [1.82, 2.24) is 0 Å². The quantitative estimate of drug-likeness (QED) is 0.455. The first-order valence-corrected chi connectivity index (χ1v) is 5.39. The van der Waals surface area contributed by atoms with Crippen LogP contribution < -0.4 is 0 Å². The molecule has 2 nitrogen and oxygen atoms in total. The van der Waals surface area contributed by atoms with Crippen molar-refractivity contribution in [2.75, 3.05) is 12.9 Å². The van der Waals surface area contributed by atoms with Crippen LogP contribution in [0.25, 0.3) is 0 Å². The van der Waals surface area contributed by atoms with E-state index in [0.29, 0.717) is 6.42 Å². The van der Waals surface area contributed by atoms with E-state index in [1.807, 2.05) is 0 Å². The van der Waals surface area contributed by atoms with Crippen LogP contribution in [0.15, 0.2) is 0 Å². The van der Waals surface area contributed by atoms with Crippen molar-refractivity contribution in [2.24, 2.45) is 0 Å². The molecule has 0 fully saturated rings. The SMILES string of the molecule is CCCCSC(CC(C)=O)OC. The van der Waals surface area contributed by atoms with Gasteiger partial charge in [0, 0.05) is 13.5 Å². The zero-order valence-electron chi connectivity index (χ0n) is 8.13. The number of thioether (sulfide) groups is 1. The molecule has 0 saturated heterocycles. The van der Waals surface area contributed by atoms with Gasteiger partial charge < -0.3 is 4.74 Å². The molecule has 0 radical (unpaired) electrons. The molecule has 0 spiro atoms. The lowest BCUT2D eigenvalue weighted by Crippen LogP contribution is -2.10. The average Bonchev–Trinajstić information content (AvgIpc) is 2.02. The highest BCUT2D eigenvalue weighted by Gasteiger charge is 2.09. The molecule has 0 aromatic carbocycles. The first kappa shape index (κ1) is 12.0. The van der Waals surface area contributed by atoms with Gasteiger partial charge in [-0.05, 0) is 19.1 Å². The van der Waals surface area contributed by atoms with E-state index in [1.54, 1.807) is 25.8 Å². The van der Waals surface area contributed by atoms with Gasteiger partial charge in [0.2, 0.25) is 0 Å². The van der Waals surface area contributed by atoms with Gasteiger partial charge >= 0.3 is 0 Å². The van der Waals surface area contributed by atoms with Gasteiger partial charge in [0.25, 0.3) is 0 Å². The third-order valence-electron chi connectivity index (χ3n) is 1.52. The molecule has 0 N–H and O–H groups in total. The lowest BCUT2D eigenvalue weighted by atomic mass is 10.3. The van der Waals surface area contributed by atoms with Gasteiger partial charge in [0.15, 0.2) is 0 Å². The van der Waals surface area contributed by atoms with E-state index >= 15 is 0 Å². The first-order chi connectivity index (χ1) is 5.70. The van der Waals surface area contributed by atoms with Gasteiger partial charge in [-0.2, -0.15) is 0 Å². The topological polar surface area (TPSA) is 26.3 Å². The molecule has 12 heavy (non-hydrogen) atoms. The number of unbranched alkanes of at least 4 members (excludes halogenated alkanes) is 1.